The molecule has 1 aromatic carbocycles. The molecule has 0 aliphatic rings. The Morgan fingerprint density at radius 1 is 1.27 bits per heavy atom. The van der Waals surface area contributed by atoms with E-state index >= 15 is 0 Å². The quantitative estimate of drug-likeness (QED) is 0.692. The zero-order valence-electron chi connectivity index (χ0n) is 5.52. The maximum atomic E-state index is 11.0. The van der Waals surface area contributed by atoms with E-state index in [2.05, 4.69) is 32.8 Å². The lowest BCUT2D eigenvalue weighted by atomic mass is 10.3. The molecular weight excluding hydrogens is 255 g/mol. The minimum absolute atomic E-state index is 0.0589. The molecule has 0 aliphatic heterocycles. The molecule has 0 spiro atoms. The Balaban J connectivity index is 2.97. The number of fused-ring (bicyclic) bond motifs is 1. The van der Waals surface area contributed by atoms with Crippen LogP contribution in [0.5, 0.6) is 0 Å². The van der Waals surface area contributed by atoms with Crippen LogP contribution in [0.1, 0.15) is 0 Å². The van der Waals surface area contributed by atoms with Crippen molar-refractivity contribution in [3.8, 4) is 0 Å². The van der Waals surface area contributed by atoms with Crippen LogP contribution >= 0.6 is 22.6 Å². The summed E-state index contributed by atoms with van der Waals surface area (Å²) < 4.78 is 1.12. The molecule has 3 nitrogen and oxygen atoms in total. The van der Waals surface area contributed by atoms with Gasteiger partial charge < -0.3 is 0 Å². The van der Waals surface area contributed by atoms with Gasteiger partial charge in [-0.1, -0.05) is 0 Å². The van der Waals surface area contributed by atoms with Crippen molar-refractivity contribution in [1.82, 2.24) is 10.2 Å². The highest BCUT2D eigenvalue weighted by Gasteiger charge is 1.98. The standard InChI is InChI=1S/C7H5IN2O/c8-4-1-2-5-6(3-4)9-10-7(5)11/h1-3H,(H2,9,10,11). The first-order chi connectivity index (χ1) is 5.27. The van der Waals surface area contributed by atoms with Crippen molar-refractivity contribution in [2.24, 2.45) is 0 Å². The lowest BCUT2D eigenvalue weighted by molar-refractivity contribution is 1.08. The lowest BCUT2D eigenvalue weighted by Gasteiger charge is -1.87. The van der Waals surface area contributed by atoms with Gasteiger partial charge in [-0.3, -0.25) is 15.0 Å². The number of benzene rings is 1. The molecule has 0 saturated heterocycles. The molecule has 0 atom stereocenters. The third kappa shape index (κ3) is 1.07. The average Bonchev–Trinajstić information content (AvgIpc) is 2.32. The molecule has 0 unspecified atom stereocenters. The molecule has 4 heteroatoms. The minimum Gasteiger partial charge on any atom is -0.297 e. The Morgan fingerprint density at radius 2 is 2.09 bits per heavy atom. The summed E-state index contributed by atoms with van der Waals surface area (Å²) in [5.74, 6) is 0. The summed E-state index contributed by atoms with van der Waals surface area (Å²) in [6.07, 6.45) is 0. The number of aromatic amines is 2. The molecule has 2 rings (SSSR count). The summed E-state index contributed by atoms with van der Waals surface area (Å²) in [6.45, 7) is 0. The molecule has 0 radical (unpaired) electrons. The van der Waals surface area contributed by atoms with Crippen molar-refractivity contribution in [1.29, 1.82) is 0 Å². The van der Waals surface area contributed by atoms with Crippen molar-refractivity contribution in [2.45, 2.75) is 0 Å². The fourth-order valence-corrected chi connectivity index (χ4v) is 1.50. The van der Waals surface area contributed by atoms with E-state index in [1.54, 1.807) is 0 Å². The van der Waals surface area contributed by atoms with Crippen LogP contribution in [-0.4, -0.2) is 10.2 Å². The molecule has 1 aromatic heterocycles. The molecule has 2 N–H and O–H groups in total. The third-order valence-electron chi connectivity index (χ3n) is 1.54. The Kier molecular flexibility index (Phi) is 1.49. The summed E-state index contributed by atoms with van der Waals surface area (Å²) in [7, 11) is 0. The van der Waals surface area contributed by atoms with Crippen LogP contribution in [0.4, 0.5) is 0 Å². The highest BCUT2D eigenvalue weighted by Crippen LogP contribution is 2.10. The second-order valence-electron chi connectivity index (χ2n) is 2.27. The van der Waals surface area contributed by atoms with Gasteiger partial charge in [0.2, 0.25) is 0 Å². The molecule has 0 saturated carbocycles. The maximum absolute atomic E-state index is 11.0. The average molecular weight is 260 g/mol. The van der Waals surface area contributed by atoms with Gasteiger partial charge in [-0.05, 0) is 40.8 Å². The number of hydrogen-bond acceptors (Lipinski definition) is 1. The molecule has 0 bridgehead atoms. The molecule has 11 heavy (non-hydrogen) atoms. The smallest absolute Gasteiger partial charge is 0.271 e. The zero-order chi connectivity index (χ0) is 7.84. The van der Waals surface area contributed by atoms with E-state index in [4.69, 9.17) is 0 Å². The first kappa shape index (κ1) is 6.90. The van der Waals surface area contributed by atoms with E-state index in [1.165, 1.54) is 0 Å². The number of rotatable bonds is 0. The predicted molar refractivity (Wildman–Crippen MR) is 51.6 cm³/mol. The van der Waals surface area contributed by atoms with E-state index in [-0.39, 0.29) is 5.56 Å². The lowest BCUT2D eigenvalue weighted by Crippen LogP contribution is -1.96. The Morgan fingerprint density at radius 3 is 2.91 bits per heavy atom. The van der Waals surface area contributed by atoms with Crippen LogP contribution in [0.15, 0.2) is 23.0 Å². The third-order valence-corrected chi connectivity index (χ3v) is 2.21. The first-order valence-electron chi connectivity index (χ1n) is 3.13. The summed E-state index contributed by atoms with van der Waals surface area (Å²) in [4.78, 5) is 11.0. The summed E-state index contributed by atoms with van der Waals surface area (Å²) in [5, 5.41) is 6.02. The van der Waals surface area contributed by atoms with Crippen molar-refractivity contribution in [2.75, 3.05) is 0 Å². The monoisotopic (exact) mass is 260 g/mol. The fourth-order valence-electron chi connectivity index (χ4n) is 1.01. The number of hydrogen-bond donors (Lipinski definition) is 2. The topological polar surface area (TPSA) is 48.6 Å². The van der Waals surface area contributed by atoms with Gasteiger partial charge in [0.05, 0.1) is 10.9 Å². The summed E-state index contributed by atoms with van der Waals surface area (Å²) >= 11 is 2.20. The Labute approximate surface area is 75.9 Å². The highest BCUT2D eigenvalue weighted by atomic mass is 127. The van der Waals surface area contributed by atoms with Crippen LogP contribution in [0.25, 0.3) is 10.9 Å². The van der Waals surface area contributed by atoms with Crippen molar-refractivity contribution in [3.63, 3.8) is 0 Å². The molecule has 0 fully saturated rings. The number of halogens is 1. The Hall–Kier alpha value is -0.780. The van der Waals surface area contributed by atoms with Crippen LogP contribution in [0.3, 0.4) is 0 Å². The molecule has 56 valence electrons. The van der Waals surface area contributed by atoms with Gasteiger partial charge >= 0.3 is 0 Å². The first-order valence-corrected chi connectivity index (χ1v) is 4.21. The van der Waals surface area contributed by atoms with E-state index in [9.17, 15) is 4.79 Å². The molecule has 2 aromatic rings. The molecular formula is C7H5IN2O. The summed E-state index contributed by atoms with van der Waals surface area (Å²) in [6, 6.07) is 5.65. The van der Waals surface area contributed by atoms with E-state index in [1.807, 2.05) is 18.2 Å². The van der Waals surface area contributed by atoms with E-state index < -0.39 is 0 Å². The van der Waals surface area contributed by atoms with Gasteiger partial charge in [0, 0.05) is 3.57 Å². The van der Waals surface area contributed by atoms with Gasteiger partial charge in [-0.2, -0.15) is 0 Å². The second kappa shape index (κ2) is 2.37. The number of H-pyrrole nitrogens is 2. The minimum atomic E-state index is -0.0589. The van der Waals surface area contributed by atoms with Crippen LogP contribution < -0.4 is 5.56 Å². The predicted octanol–water partition coefficient (Wildman–Crippen LogP) is 1.46. The van der Waals surface area contributed by atoms with Crippen molar-refractivity contribution in [3.05, 3.63) is 32.1 Å². The van der Waals surface area contributed by atoms with Crippen LogP contribution in [0.2, 0.25) is 0 Å². The van der Waals surface area contributed by atoms with E-state index in [0.29, 0.717) is 5.39 Å². The number of aromatic nitrogens is 2. The molecule has 1 heterocycles. The fraction of sp³-hybridized carbons (Fsp3) is 0. The zero-order valence-corrected chi connectivity index (χ0v) is 7.68. The van der Waals surface area contributed by atoms with Gasteiger partial charge in [-0.25, -0.2) is 0 Å². The molecule has 0 amide bonds. The van der Waals surface area contributed by atoms with Gasteiger partial charge in [-0.15, -0.1) is 0 Å². The van der Waals surface area contributed by atoms with E-state index in [0.717, 1.165) is 9.09 Å². The van der Waals surface area contributed by atoms with Gasteiger partial charge in [0.1, 0.15) is 0 Å². The van der Waals surface area contributed by atoms with Crippen LogP contribution in [-0.2, 0) is 0 Å². The normalized spacial score (nSPS) is 10.6. The Bertz CT molecular complexity index is 443. The van der Waals surface area contributed by atoms with Gasteiger partial charge in [0.25, 0.3) is 5.56 Å². The SMILES string of the molecule is O=c1[nH][nH]c2cc(I)ccc12. The largest absolute Gasteiger partial charge is 0.297 e. The van der Waals surface area contributed by atoms with Crippen molar-refractivity contribution >= 4 is 33.5 Å². The highest BCUT2D eigenvalue weighted by molar-refractivity contribution is 14.1. The molecule has 0 aliphatic carbocycles. The second-order valence-corrected chi connectivity index (χ2v) is 3.51. The number of nitrogens with one attached hydrogen (secondary N) is 2. The van der Waals surface area contributed by atoms with Gasteiger partial charge in [0.15, 0.2) is 0 Å². The van der Waals surface area contributed by atoms with Crippen molar-refractivity contribution < 1.29 is 0 Å². The summed E-state index contributed by atoms with van der Waals surface area (Å²) in [5.41, 5.74) is 0.804. The van der Waals surface area contributed by atoms with Crippen LogP contribution in [0, 0.1) is 3.57 Å². The maximum Gasteiger partial charge on any atom is 0.271 e.